The number of hydrogen-bond donors (Lipinski definition) is 1. The van der Waals surface area contributed by atoms with E-state index in [1.165, 1.54) is 0 Å². The van der Waals surface area contributed by atoms with E-state index in [1.807, 2.05) is 60.2 Å². The van der Waals surface area contributed by atoms with E-state index in [9.17, 15) is 13.2 Å². The molecule has 1 aliphatic heterocycles. The second-order valence-electron chi connectivity index (χ2n) is 7.55. The second kappa shape index (κ2) is 9.40. The Morgan fingerprint density at radius 2 is 1.88 bits per heavy atom. The summed E-state index contributed by atoms with van der Waals surface area (Å²) in [5, 5.41) is 0. The molecule has 0 radical (unpaired) electrons. The molecule has 32 heavy (non-hydrogen) atoms. The van der Waals surface area contributed by atoms with Gasteiger partial charge in [-0.25, -0.2) is 13.4 Å². The van der Waals surface area contributed by atoms with Crippen LogP contribution in [0.4, 0.5) is 0 Å². The van der Waals surface area contributed by atoms with Crippen LogP contribution in [0.2, 0.25) is 0 Å². The Morgan fingerprint density at radius 3 is 2.62 bits per heavy atom. The summed E-state index contributed by atoms with van der Waals surface area (Å²) in [6.07, 6.45) is 1.87. The molecule has 1 amide bonds. The third-order valence-corrected chi connectivity index (χ3v) is 6.55. The lowest BCUT2D eigenvalue weighted by Gasteiger charge is -2.22. The van der Waals surface area contributed by atoms with E-state index in [4.69, 9.17) is 9.47 Å². The number of nitrogens with one attached hydrogen (secondary N) is 1. The number of sulfonamides is 1. The van der Waals surface area contributed by atoms with Crippen LogP contribution in [-0.4, -0.2) is 31.7 Å². The molecular weight excluding hydrogens is 428 g/mol. The summed E-state index contributed by atoms with van der Waals surface area (Å²) in [5.41, 5.74) is 3.72. The summed E-state index contributed by atoms with van der Waals surface area (Å²) in [6, 6.07) is 19.1. The van der Waals surface area contributed by atoms with Crippen molar-refractivity contribution in [2.24, 2.45) is 0 Å². The summed E-state index contributed by atoms with van der Waals surface area (Å²) < 4.78 is 37.2. The number of aromatic nitrogens is 1. The van der Waals surface area contributed by atoms with Gasteiger partial charge in [-0.05, 0) is 53.9 Å². The fourth-order valence-corrected chi connectivity index (χ4v) is 5.07. The Hall–Kier alpha value is -3.39. The van der Waals surface area contributed by atoms with Crippen molar-refractivity contribution in [2.75, 3.05) is 12.4 Å². The first-order valence-electron chi connectivity index (χ1n) is 10.4. The largest absolute Gasteiger partial charge is 0.489 e. The van der Waals surface area contributed by atoms with E-state index in [-0.39, 0.29) is 18.1 Å². The van der Waals surface area contributed by atoms with Crippen molar-refractivity contribution in [3.05, 3.63) is 78.0 Å². The highest BCUT2D eigenvalue weighted by molar-refractivity contribution is 7.90. The molecule has 0 bridgehead atoms. The van der Waals surface area contributed by atoms with Crippen molar-refractivity contribution in [1.82, 2.24) is 9.71 Å². The van der Waals surface area contributed by atoms with Crippen LogP contribution < -0.4 is 14.2 Å². The molecule has 4 rings (SSSR count). The van der Waals surface area contributed by atoms with Gasteiger partial charge < -0.3 is 9.47 Å². The maximum atomic E-state index is 11.8. The van der Waals surface area contributed by atoms with Crippen molar-refractivity contribution < 1.29 is 22.7 Å². The van der Waals surface area contributed by atoms with Gasteiger partial charge in [-0.15, -0.1) is 0 Å². The lowest BCUT2D eigenvalue weighted by atomic mass is 9.97. The summed E-state index contributed by atoms with van der Waals surface area (Å²) in [5.74, 6) is 0.353. The molecule has 0 saturated carbocycles. The molecule has 1 unspecified atom stereocenters. The molecule has 1 aromatic heterocycles. The fraction of sp³-hybridized carbons (Fsp3) is 0.250. The molecule has 1 atom stereocenters. The zero-order valence-corrected chi connectivity index (χ0v) is 18.5. The predicted molar refractivity (Wildman–Crippen MR) is 121 cm³/mol. The number of amides is 1. The molecule has 3 aromatic rings. The van der Waals surface area contributed by atoms with E-state index in [0.29, 0.717) is 24.8 Å². The lowest BCUT2D eigenvalue weighted by molar-refractivity contribution is -0.119. The Balaban J connectivity index is 1.43. The standard InChI is InChI=1S/C24H24N2O5S/c1-2-30-24-22(7-4-12-25-24)19-6-3-5-17(13-19)15-31-21-10-8-18(9-11-21)20-14-23(27)26-32(28,29)16-20/h3-13,20H,2,14-16H2,1H3,(H,26,27). The van der Waals surface area contributed by atoms with E-state index >= 15 is 0 Å². The number of benzene rings is 2. The molecule has 8 heteroatoms. The Bertz CT molecular complexity index is 1210. The van der Waals surface area contributed by atoms with Crippen LogP contribution in [0.25, 0.3) is 11.1 Å². The van der Waals surface area contributed by atoms with Gasteiger partial charge in [0.25, 0.3) is 0 Å². The van der Waals surface area contributed by atoms with Crippen LogP contribution in [0.3, 0.4) is 0 Å². The molecule has 2 heterocycles. The van der Waals surface area contributed by atoms with Crippen LogP contribution >= 0.6 is 0 Å². The SMILES string of the molecule is CCOc1ncccc1-c1cccc(COc2ccc(C3CC(=O)NS(=O)(=O)C3)cc2)c1. The Kier molecular flexibility index (Phi) is 6.41. The minimum Gasteiger partial charge on any atom is -0.489 e. The van der Waals surface area contributed by atoms with Crippen LogP contribution in [0.1, 0.15) is 30.4 Å². The predicted octanol–water partition coefficient (Wildman–Crippen LogP) is 3.66. The molecule has 166 valence electrons. The number of pyridine rings is 1. The number of hydrogen-bond acceptors (Lipinski definition) is 6. The van der Waals surface area contributed by atoms with Crippen molar-refractivity contribution in [2.45, 2.75) is 25.9 Å². The van der Waals surface area contributed by atoms with Gasteiger partial charge in [-0.3, -0.25) is 9.52 Å². The van der Waals surface area contributed by atoms with Gasteiger partial charge in [-0.1, -0.05) is 30.3 Å². The van der Waals surface area contributed by atoms with Gasteiger partial charge >= 0.3 is 0 Å². The minimum absolute atomic E-state index is 0.0934. The quantitative estimate of drug-likeness (QED) is 0.588. The lowest BCUT2D eigenvalue weighted by Crippen LogP contribution is -2.40. The average Bonchev–Trinajstić information content (AvgIpc) is 2.77. The van der Waals surface area contributed by atoms with Gasteiger partial charge in [0, 0.05) is 24.1 Å². The third-order valence-electron chi connectivity index (χ3n) is 5.17. The Morgan fingerprint density at radius 1 is 1.06 bits per heavy atom. The summed E-state index contributed by atoms with van der Waals surface area (Å²) in [6.45, 7) is 2.84. The fourth-order valence-electron chi connectivity index (χ4n) is 3.71. The van der Waals surface area contributed by atoms with Crippen molar-refractivity contribution >= 4 is 15.9 Å². The van der Waals surface area contributed by atoms with Crippen LogP contribution in [0.5, 0.6) is 11.6 Å². The van der Waals surface area contributed by atoms with Gasteiger partial charge in [0.1, 0.15) is 12.4 Å². The van der Waals surface area contributed by atoms with Gasteiger partial charge in [0.15, 0.2) is 0 Å². The third kappa shape index (κ3) is 5.26. The number of carbonyl (C=O) groups excluding carboxylic acids is 1. The van der Waals surface area contributed by atoms with Crippen molar-refractivity contribution in [1.29, 1.82) is 0 Å². The van der Waals surface area contributed by atoms with Crippen LogP contribution in [0, 0.1) is 0 Å². The minimum atomic E-state index is -3.56. The first-order chi connectivity index (χ1) is 15.4. The smallest absolute Gasteiger partial charge is 0.235 e. The summed E-state index contributed by atoms with van der Waals surface area (Å²) in [7, 11) is -3.56. The Labute approximate surface area is 187 Å². The van der Waals surface area contributed by atoms with E-state index in [0.717, 1.165) is 22.3 Å². The molecule has 7 nitrogen and oxygen atoms in total. The number of nitrogens with zero attached hydrogens (tertiary/aromatic N) is 1. The van der Waals surface area contributed by atoms with Gasteiger partial charge in [0.2, 0.25) is 21.8 Å². The number of carbonyl (C=O) groups is 1. The topological polar surface area (TPSA) is 94.6 Å². The average molecular weight is 453 g/mol. The molecule has 2 aromatic carbocycles. The highest BCUT2D eigenvalue weighted by Gasteiger charge is 2.30. The van der Waals surface area contributed by atoms with Gasteiger partial charge in [-0.2, -0.15) is 0 Å². The molecule has 1 fully saturated rings. The van der Waals surface area contributed by atoms with E-state index in [1.54, 1.807) is 18.3 Å². The first-order valence-corrected chi connectivity index (χ1v) is 12.0. The van der Waals surface area contributed by atoms with Crippen LogP contribution in [0.15, 0.2) is 66.9 Å². The monoisotopic (exact) mass is 452 g/mol. The zero-order chi connectivity index (χ0) is 22.6. The molecule has 0 aliphatic carbocycles. The molecule has 1 aliphatic rings. The zero-order valence-electron chi connectivity index (χ0n) is 17.7. The van der Waals surface area contributed by atoms with Crippen molar-refractivity contribution in [3.8, 4) is 22.8 Å². The number of rotatable bonds is 7. The van der Waals surface area contributed by atoms with E-state index in [2.05, 4.69) is 4.98 Å². The van der Waals surface area contributed by atoms with Gasteiger partial charge in [0.05, 0.1) is 12.4 Å². The maximum absolute atomic E-state index is 11.8. The summed E-state index contributed by atoms with van der Waals surface area (Å²) in [4.78, 5) is 16.0. The highest BCUT2D eigenvalue weighted by Crippen LogP contribution is 2.29. The molecule has 1 N–H and O–H groups in total. The normalized spacial score (nSPS) is 17.4. The van der Waals surface area contributed by atoms with Crippen molar-refractivity contribution in [3.63, 3.8) is 0 Å². The molecular formula is C24H24N2O5S. The first kappa shape index (κ1) is 21.8. The highest BCUT2D eigenvalue weighted by atomic mass is 32.2. The maximum Gasteiger partial charge on any atom is 0.235 e. The molecule has 0 spiro atoms. The number of ether oxygens (including phenoxy) is 2. The van der Waals surface area contributed by atoms with Crippen LogP contribution in [-0.2, 0) is 21.4 Å². The summed E-state index contributed by atoms with van der Waals surface area (Å²) >= 11 is 0. The van der Waals surface area contributed by atoms with E-state index < -0.39 is 15.9 Å². The molecule has 1 saturated heterocycles. The second-order valence-corrected chi connectivity index (χ2v) is 9.32.